The second kappa shape index (κ2) is 11.2. The predicted octanol–water partition coefficient (Wildman–Crippen LogP) is 5.83. The first-order valence-corrected chi connectivity index (χ1v) is 10.9. The molecule has 2 amide bonds. The third kappa shape index (κ3) is 6.71. The van der Waals surface area contributed by atoms with Gasteiger partial charge in [0.05, 0.1) is 0 Å². The summed E-state index contributed by atoms with van der Waals surface area (Å²) >= 11 is 6.13. The van der Waals surface area contributed by atoms with Gasteiger partial charge in [0.15, 0.2) is 6.61 Å². The topological polar surface area (TPSA) is 91.2 Å². The summed E-state index contributed by atoms with van der Waals surface area (Å²) in [5.74, 6) is -0.586. The number of amides is 2. The van der Waals surface area contributed by atoms with Gasteiger partial charge in [-0.2, -0.15) is 5.26 Å². The number of halogens is 1. The molecule has 34 heavy (non-hydrogen) atoms. The number of carbonyl (C=O) groups excluding carboxylic acids is 2. The number of carbonyl (C=O) groups is 2. The van der Waals surface area contributed by atoms with E-state index in [4.69, 9.17) is 16.3 Å². The highest BCUT2D eigenvalue weighted by molar-refractivity contribution is 6.30. The van der Waals surface area contributed by atoms with Gasteiger partial charge in [0.25, 0.3) is 11.8 Å². The second-order valence-corrected chi connectivity index (χ2v) is 8.27. The van der Waals surface area contributed by atoms with Gasteiger partial charge in [-0.3, -0.25) is 9.59 Å². The fourth-order valence-electron chi connectivity index (χ4n) is 3.27. The number of hydrogen-bond donors (Lipinski definition) is 2. The molecule has 3 aromatic rings. The maximum atomic E-state index is 12.7. The van der Waals surface area contributed by atoms with Crippen molar-refractivity contribution in [2.75, 3.05) is 17.2 Å². The van der Waals surface area contributed by atoms with Crippen molar-refractivity contribution >= 4 is 40.9 Å². The van der Waals surface area contributed by atoms with Crippen molar-refractivity contribution in [3.63, 3.8) is 0 Å². The molecular formula is C27H24ClN3O3. The Hall–Kier alpha value is -4.08. The van der Waals surface area contributed by atoms with E-state index in [1.807, 2.05) is 57.2 Å². The molecule has 0 spiro atoms. The van der Waals surface area contributed by atoms with E-state index in [0.29, 0.717) is 27.7 Å². The zero-order chi connectivity index (χ0) is 24.7. The number of anilines is 2. The summed E-state index contributed by atoms with van der Waals surface area (Å²) in [7, 11) is 0. The van der Waals surface area contributed by atoms with Gasteiger partial charge >= 0.3 is 0 Å². The molecule has 6 nitrogen and oxygen atoms in total. The molecule has 0 aliphatic carbocycles. The molecule has 0 bridgehead atoms. The van der Waals surface area contributed by atoms with Crippen molar-refractivity contribution in [2.45, 2.75) is 20.8 Å². The molecule has 0 heterocycles. The van der Waals surface area contributed by atoms with Crippen molar-refractivity contribution in [3.05, 3.63) is 93.5 Å². The van der Waals surface area contributed by atoms with Crippen molar-refractivity contribution in [2.24, 2.45) is 0 Å². The summed E-state index contributed by atoms with van der Waals surface area (Å²) in [5, 5.41) is 15.5. The first kappa shape index (κ1) is 24.6. The van der Waals surface area contributed by atoms with Crippen molar-refractivity contribution in [3.8, 4) is 11.8 Å². The minimum Gasteiger partial charge on any atom is -0.483 e. The van der Waals surface area contributed by atoms with Gasteiger partial charge in [-0.1, -0.05) is 41.4 Å². The minimum atomic E-state index is -0.558. The number of nitriles is 1. The summed E-state index contributed by atoms with van der Waals surface area (Å²) in [6.45, 7) is 5.51. The van der Waals surface area contributed by atoms with Gasteiger partial charge in [0.1, 0.15) is 17.4 Å². The Kier molecular flexibility index (Phi) is 8.07. The van der Waals surface area contributed by atoms with Crippen LogP contribution in [0.2, 0.25) is 5.02 Å². The van der Waals surface area contributed by atoms with E-state index in [9.17, 15) is 14.9 Å². The van der Waals surface area contributed by atoms with Crippen molar-refractivity contribution in [1.29, 1.82) is 5.26 Å². The third-order valence-electron chi connectivity index (χ3n) is 4.93. The van der Waals surface area contributed by atoms with Gasteiger partial charge < -0.3 is 15.4 Å². The van der Waals surface area contributed by atoms with Gasteiger partial charge in [-0.15, -0.1) is 0 Å². The minimum absolute atomic E-state index is 0.128. The Bertz CT molecular complexity index is 1310. The Morgan fingerprint density at radius 2 is 1.76 bits per heavy atom. The zero-order valence-electron chi connectivity index (χ0n) is 19.1. The highest BCUT2D eigenvalue weighted by Crippen LogP contribution is 2.26. The van der Waals surface area contributed by atoms with Crippen LogP contribution >= 0.6 is 11.6 Å². The fourth-order valence-corrected chi connectivity index (χ4v) is 3.45. The van der Waals surface area contributed by atoms with Crippen LogP contribution in [0.1, 0.15) is 22.3 Å². The van der Waals surface area contributed by atoms with Crippen LogP contribution < -0.4 is 15.4 Å². The lowest BCUT2D eigenvalue weighted by Gasteiger charge is -2.12. The van der Waals surface area contributed by atoms with Crippen LogP contribution in [-0.2, 0) is 9.59 Å². The molecule has 0 saturated carbocycles. The molecule has 0 saturated heterocycles. The molecule has 0 aromatic heterocycles. The molecule has 3 rings (SSSR count). The quantitative estimate of drug-likeness (QED) is 0.333. The standard InChI is InChI=1S/C27H24ClN3O3/c1-17-5-4-6-23(12-17)30-26(32)16-34-25-10-8-22(28)14-20(25)13-21(15-29)27(33)31-24-9-7-18(2)11-19(24)3/h4-14H,16H2,1-3H3,(H,30,32)(H,31,33)/b21-13+. The maximum absolute atomic E-state index is 12.7. The first-order valence-electron chi connectivity index (χ1n) is 10.5. The van der Waals surface area contributed by atoms with Crippen LogP contribution in [-0.4, -0.2) is 18.4 Å². The number of benzene rings is 3. The lowest BCUT2D eigenvalue weighted by atomic mass is 10.1. The molecule has 0 unspecified atom stereocenters. The first-order chi connectivity index (χ1) is 16.2. The fraction of sp³-hybridized carbons (Fsp3) is 0.148. The molecule has 0 radical (unpaired) electrons. The van der Waals surface area contributed by atoms with Crippen LogP contribution in [0, 0.1) is 32.1 Å². The largest absolute Gasteiger partial charge is 0.483 e. The van der Waals surface area contributed by atoms with Crippen LogP contribution in [0.15, 0.2) is 66.2 Å². The van der Waals surface area contributed by atoms with E-state index in [-0.39, 0.29) is 18.1 Å². The lowest BCUT2D eigenvalue weighted by molar-refractivity contribution is -0.118. The molecule has 0 atom stereocenters. The predicted molar refractivity (Wildman–Crippen MR) is 135 cm³/mol. The molecule has 0 aliphatic heterocycles. The third-order valence-corrected chi connectivity index (χ3v) is 5.16. The van der Waals surface area contributed by atoms with Crippen LogP contribution in [0.3, 0.4) is 0 Å². The second-order valence-electron chi connectivity index (χ2n) is 7.83. The summed E-state index contributed by atoms with van der Waals surface area (Å²) in [6.07, 6.45) is 1.39. The van der Waals surface area contributed by atoms with Gasteiger partial charge in [-0.05, 0) is 74.4 Å². The molecule has 7 heteroatoms. The number of ether oxygens (including phenoxy) is 1. The van der Waals surface area contributed by atoms with E-state index in [1.165, 1.54) is 6.08 Å². The highest BCUT2D eigenvalue weighted by atomic mass is 35.5. The highest BCUT2D eigenvalue weighted by Gasteiger charge is 2.14. The summed E-state index contributed by atoms with van der Waals surface area (Å²) in [5.41, 5.74) is 4.54. The molecule has 2 N–H and O–H groups in total. The van der Waals surface area contributed by atoms with Crippen LogP contribution in [0.5, 0.6) is 5.75 Å². The van der Waals surface area contributed by atoms with E-state index >= 15 is 0 Å². The van der Waals surface area contributed by atoms with E-state index in [2.05, 4.69) is 10.6 Å². The van der Waals surface area contributed by atoms with Crippen LogP contribution in [0.25, 0.3) is 6.08 Å². The smallest absolute Gasteiger partial charge is 0.266 e. The molecule has 0 fully saturated rings. The maximum Gasteiger partial charge on any atom is 0.266 e. The van der Waals surface area contributed by atoms with Gasteiger partial charge in [0, 0.05) is 22.0 Å². The summed E-state index contributed by atoms with van der Waals surface area (Å²) < 4.78 is 5.68. The Morgan fingerprint density at radius 3 is 2.47 bits per heavy atom. The Morgan fingerprint density at radius 1 is 1.00 bits per heavy atom. The number of nitrogens with one attached hydrogen (secondary N) is 2. The normalized spacial score (nSPS) is 10.9. The zero-order valence-corrected chi connectivity index (χ0v) is 19.9. The molecule has 3 aromatic carbocycles. The van der Waals surface area contributed by atoms with Crippen molar-refractivity contribution in [1.82, 2.24) is 0 Å². The number of nitrogens with zero attached hydrogens (tertiary/aromatic N) is 1. The van der Waals surface area contributed by atoms with Gasteiger partial charge in [0.2, 0.25) is 0 Å². The van der Waals surface area contributed by atoms with Crippen molar-refractivity contribution < 1.29 is 14.3 Å². The number of rotatable bonds is 7. The van der Waals surface area contributed by atoms with E-state index in [0.717, 1.165) is 16.7 Å². The number of hydrogen-bond acceptors (Lipinski definition) is 4. The summed E-state index contributed by atoms with van der Waals surface area (Å²) in [6, 6.07) is 19.7. The average molecular weight is 474 g/mol. The SMILES string of the molecule is Cc1cccc(NC(=O)COc2ccc(Cl)cc2/C=C(\C#N)C(=O)Nc2ccc(C)cc2C)c1. The molecular weight excluding hydrogens is 450 g/mol. The summed E-state index contributed by atoms with van der Waals surface area (Å²) in [4.78, 5) is 25.1. The number of aryl methyl sites for hydroxylation is 3. The van der Waals surface area contributed by atoms with E-state index in [1.54, 1.807) is 30.3 Å². The van der Waals surface area contributed by atoms with Crippen LogP contribution in [0.4, 0.5) is 11.4 Å². The molecule has 0 aliphatic rings. The molecule has 172 valence electrons. The average Bonchev–Trinajstić information content (AvgIpc) is 2.78. The lowest BCUT2D eigenvalue weighted by Crippen LogP contribution is -2.20. The van der Waals surface area contributed by atoms with Gasteiger partial charge in [-0.25, -0.2) is 0 Å². The Labute approximate surface area is 203 Å². The van der Waals surface area contributed by atoms with E-state index < -0.39 is 5.91 Å². The Balaban J connectivity index is 1.76. The monoisotopic (exact) mass is 473 g/mol.